The van der Waals surface area contributed by atoms with Crippen molar-refractivity contribution in [3.05, 3.63) is 29.8 Å². The molecule has 3 N–H and O–H groups in total. The molecule has 0 heterocycles. The first-order chi connectivity index (χ1) is 10.1. The zero-order valence-corrected chi connectivity index (χ0v) is 13.1. The van der Waals surface area contributed by atoms with Gasteiger partial charge in [0, 0.05) is 18.7 Å². The monoisotopic (exact) mass is 288 g/mol. The van der Waals surface area contributed by atoms with Gasteiger partial charge in [0.2, 0.25) is 5.91 Å². The zero-order valence-electron chi connectivity index (χ0n) is 13.1. The highest BCUT2D eigenvalue weighted by atomic mass is 16.1. The Morgan fingerprint density at radius 2 is 1.95 bits per heavy atom. The second kappa shape index (κ2) is 8.06. The van der Waals surface area contributed by atoms with Gasteiger partial charge >= 0.3 is 0 Å². The van der Waals surface area contributed by atoms with Gasteiger partial charge in [-0.3, -0.25) is 4.79 Å². The summed E-state index contributed by atoms with van der Waals surface area (Å²) in [6.07, 6.45) is 8.52. The molecule has 1 aromatic rings. The minimum absolute atomic E-state index is 0.158. The molecule has 3 nitrogen and oxygen atoms in total. The van der Waals surface area contributed by atoms with Crippen molar-refractivity contribution in [1.82, 2.24) is 5.32 Å². The van der Waals surface area contributed by atoms with E-state index >= 15 is 0 Å². The molecular formula is C18H28N2O. The van der Waals surface area contributed by atoms with E-state index in [1.165, 1.54) is 37.7 Å². The van der Waals surface area contributed by atoms with Gasteiger partial charge in [0.1, 0.15) is 0 Å². The fraction of sp³-hybridized carbons (Fsp3) is 0.611. The Balaban J connectivity index is 1.63. The lowest BCUT2D eigenvalue weighted by Crippen LogP contribution is -2.25. The fourth-order valence-corrected chi connectivity index (χ4v) is 3.21. The Morgan fingerprint density at radius 3 is 2.62 bits per heavy atom. The van der Waals surface area contributed by atoms with Crippen LogP contribution in [-0.2, 0) is 4.79 Å². The molecule has 1 aliphatic carbocycles. The lowest BCUT2D eigenvalue weighted by molar-refractivity contribution is -0.121. The smallest absolute Gasteiger partial charge is 0.220 e. The molecule has 1 atom stereocenters. The average Bonchev–Trinajstić information content (AvgIpc) is 2.97. The van der Waals surface area contributed by atoms with Crippen molar-refractivity contribution < 1.29 is 4.79 Å². The number of carbonyl (C=O) groups excluding carboxylic acids is 1. The highest BCUT2D eigenvalue weighted by molar-refractivity contribution is 5.76. The van der Waals surface area contributed by atoms with Crippen LogP contribution in [0.25, 0.3) is 0 Å². The summed E-state index contributed by atoms with van der Waals surface area (Å²) in [5.74, 6) is 1.31. The fourth-order valence-electron chi connectivity index (χ4n) is 3.21. The number of amides is 1. The second-order valence-electron chi connectivity index (χ2n) is 6.41. The van der Waals surface area contributed by atoms with Gasteiger partial charge in [-0.2, -0.15) is 0 Å². The molecule has 21 heavy (non-hydrogen) atoms. The van der Waals surface area contributed by atoms with Gasteiger partial charge in [-0.25, -0.2) is 0 Å². The first-order valence-corrected chi connectivity index (χ1v) is 8.27. The van der Waals surface area contributed by atoms with Gasteiger partial charge in [0.25, 0.3) is 0 Å². The lowest BCUT2D eigenvalue weighted by atomic mass is 9.97. The molecule has 116 valence electrons. The Labute approximate surface area is 128 Å². The summed E-state index contributed by atoms with van der Waals surface area (Å²) in [4.78, 5) is 12.0. The second-order valence-corrected chi connectivity index (χ2v) is 6.41. The number of carbonyl (C=O) groups is 1. The first-order valence-electron chi connectivity index (χ1n) is 8.27. The average molecular weight is 288 g/mol. The third-order valence-corrected chi connectivity index (χ3v) is 4.58. The van der Waals surface area contributed by atoms with Gasteiger partial charge < -0.3 is 11.1 Å². The van der Waals surface area contributed by atoms with Crippen LogP contribution in [0.4, 0.5) is 5.69 Å². The van der Waals surface area contributed by atoms with E-state index in [0.717, 1.165) is 24.6 Å². The Kier molecular flexibility index (Phi) is 6.09. The topological polar surface area (TPSA) is 55.1 Å². The predicted molar refractivity (Wildman–Crippen MR) is 88.1 cm³/mol. The Morgan fingerprint density at radius 1 is 1.29 bits per heavy atom. The predicted octanol–water partition coefficient (Wildman–Crippen LogP) is 3.85. The van der Waals surface area contributed by atoms with Crippen LogP contribution >= 0.6 is 0 Å². The maximum absolute atomic E-state index is 12.0. The van der Waals surface area contributed by atoms with E-state index in [1.807, 2.05) is 24.3 Å². The molecule has 3 heteroatoms. The number of rotatable bonds is 7. The van der Waals surface area contributed by atoms with Crippen molar-refractivity contribution in [3.63, 3.8) is 0 Å². The molecule has 0 aromatic heterocycles. The molecule has 1 aliphatic rings. The van der Waals surface area contributed by atoms with Crippen molar-refractivity contribution in [2.75, 3.05) is 12.3 Å². The van der Waals surface area contributed by atoms with Gasteiger partial charge in [-0.1, -0.05) is 44.7 Å². The summed E-state index contributed by atoms with van der Waals surface area (Å²) in [5, 5.41) is 3.06. The van der Waals surface area contributed by atoms with Crippen molar-refractivity contribution in [1.29, 1.82) is 0 Å². The normalized spacial score (nSPS) is 16.8. The maximum atomic E-state index is 12.0. The summed E-state index contributed by atoms with van der Waals surface area (Å²) in [6, 6.07) is 7.80. The minimum atomic E-state index is 0.158. The van der Waals surface area contributed by atoms with Crippen molar-refractivity contribution >= 4 is 11.6 Å². The Hall–Kier alpha value is -1.51. The number of hydrogen-bond donors (Lipinski definition) is 2. The van der Waals surface area contributed by atoms with Crippen LogP contribution in [0, 0.1) is 5.92 Å². The molecule has 1 aromatic carbocycles. The summed E-state index contributed by atoms with van der Waals surface area (Å²) in [7, 11) is 0. The number of nitrogen functional groups attached to an aromatic ring is 1. The van der Waals surface area contributed by atoms with E-state index in [9.17, 15) is 4.79 Å². The van der Waals surface area contributed by atoms with Gasteiger partial charge in [-0.05, 0) is 42.4 Å². The summed E-state index contributed by atoms with van der Waals surface area (Å²) < 4.78 is 0. The molecule has 0 saturated heterocycles. The standard InChI is InChI=1S/C18H28N2O/c1-14(16-8-10-17(19)11-9-16)13-18(21)20-12-4-7-15-5-2-3-6-15/h8-11,14-15H,2-7,12-13,19H2,1H3,(H,20,21). The van der Waals surface area contributed by atoms with Crippen molar-refractivity contribution in [2.45, 2.75) is 57.8 Å². The maximum Gasteiger partial charge on any atom is 0.220 e. The summed E-state index contributed by atoms with van der Waals surface area (Å²) in [5.41, 5.74) is 7.62. The minimum Gasteiger partial charge on any atom is -0.399 e. The van der Waals surface area contributed by atoms with E-state index in [4.69, 9.17) is 5.73 Å². The number of nitrogens with two attached hydrogens (primary N) is 1. The molecule has 0 bridgehead atoms. The molecule has 1 fully saturated rings. The summed E-state index contributed by atoms with van der Waals surface area (Å²) >= 11 is 0. The van der Waals surface area contributed by atoms with E-state index in [1.54, 1.807) is 0 Å². The van der Waals surface area contributed by atoms with Crippen LogP contribution in [0.3, 0.4) is 0 Å². The quantitative estimate of drug-likeness (QED) is 0.591. The Bertz CT molecular complexity index is 435. The van der Waals surface area contributed by atoms with Gasteiger partial charge in [-0.15, -0.1) is 0 Å². The number of anilines is 1. The van der Waals surface area contributed by atoms with Crippen LogP contribution in [0.1, 0.15) is 63.4 Å². The first kappa shape index (κ1) is 15.9. The molecular weight excluding hydrogens is 260 g/mol. The van der Waals surface area contributed by atoms with Crippen LogP contribution < -0.4 is 11.1 Å². The summed E-state index contributed by atoms with van der Waals surface area (Å²) in [6.45, 7) is 2.91. The van der Waals surface area contributed by atoms with Crippen LogP contribution in [0.15, 0.2) is 24.3 Å². The van der Waals surface area contributed by atoms with E-state index < -0.39 is 0 Å². The third-order valence-electron chi connectivity index (χ3n) is 4.58. The molecule has 1 saturated carbocycles. The number of nitrogens with one attached hydrogen (secondary N) is 1. The number of benzene rings is 1. The SMILES string of the molecule is CC(CC(=O)NCCCC1CCCC1)c1ccc(N)cc1. The van der Waals surface area contributed by atoms with E-state index in [0.29, 0.717) is 6.42 Å². The highest BCUT2D eigenvalue weighted by Crippen LogP contribution is 2.28. The molecule has 1 amide bonds. The molecule has 0 radical (unpaired) electrons. The van der Waals surface area contributed by atoms with E-state index in [-0.39, 0.29) is 11.8 Å². The van der Waals surface area contributed by atoms with E-state index in [2.05, 4.69) is 12.2 Å². The molecule has 0 spiro atoms. The zero-order chi connectivity index (χ0) is 15.1. The van der Waals surface area contributed by atoms with Crippen LogP contribution in [0.2, 0.25) is 0 Å². The lowest BCUT2D eigenvalue weighted by Gasteiger charge is -2.13. The highest BCUT2D eigenvalue weighted by Gasteiger charge is 2.15. The van der Waals surface area contributed by atoms with Crippen molar-refractivity contribution in [3.8, 4) is 0 Å². The van der Waals surface area contributed by atoms with Gasteiger partial charge in [0.05, 0.1) is 0 Å². The largest absolute Gasteiger partial charge is 0.399 e. The molecule has 1 unspecified atom stereocenters. The van der Waals surface area contributed by atoms with Gasteiger partial charge in [0.15, 0.2) is 0 Å². The third kappa shape index (κ3) is 5.41. The van der Waals surface area contributed by atoms with Crippen molar-refractivity contribution in [2.24, 2.45) is 5.92 Å². The van der Waals surface area contributed by atoms with Crippen LogP contribution in [0.5, 0.6) is 0 Å². The van der Waals surface area contributed by atoms with Crippen LogP contribution in [-0.4, -0.2) is 12.5 Å². The molecule has 0 aliphatic heterocycles. The molecule has 2 rings (SSSR count). The number of hydrogen-bond acceptors (Lipinski definition) is 2.